The maximum atomic E-state index is 11.1. The molecule has 0 aliphatic carbocycles. The number of cyclic esters (lactones) is 1. The molecule has 1 saturated heterocycles. The number of esters is 1. The largest absolute Gasteiger partial charge is 0.460 e. The summed E-state index contributed by atoms with van der Waals surface area (Å²) in [7, 11) is 0. The van der Waals surface area contributed by atoms with Crippen molar-refractivity contribution in [3.63, 3.8) is 0 Å². The third-order valence-electron chi connectivity index (χ3n) is 2.72. The van der Waals surface area contributed by atoms with Crippen molar-refractivity contribution in [2.75, 3.05) is 6.61 Å². The Morgan fingerprint density at radius 3 is 2.75 bits per heavy atom. The molecule has 1 aliphatic heterocycles. The van der Waals surface area contributed by atoms with Crippen molar-refractivity contribution < 1.29 is 14.3 Å². The minimum Gasteiger partial charge on any atom is -0.460 e. The van der Waals surface area contributed by atoms with Crippen molar-refractivity contribution in [1.82, 2.24) is 0 Å². The second-order valence-corrected chi connectivity index (χ2v) is 4.20. The molecule has 0 bridgehead atoms. The van der Waals surface area contributed by atoms with Crippen LogP contribution in [-0.4, -0.2) is 18.7 Å². The van der Waals surface area contributed by atoms with Crippen LogP contribution in [0.5, 0.6) is 0 Å². The molecule has 0 unspecified atom stereocenters. The van der Waals surface area contributed by atoms with Crippen LogP contribution in [0.2, 0.25) is 0 Å². The highest BCUT2D eigenvalue weighted by atomic mass is 16.6. The predicted octanol–water partition coefficient (Wildman–Crippen LogP) is 2.15. The molecular formula is C13H16O3. The Balaban J connectivity index is 1.71. The first-order valence-corrected chi connectivity index (χ1v) is 5.58. The van der Waals surface area contributed by atoms with Gasteiger partial charge >= 0.3 is 5.97 Å². The minimum absolute atomic E-state index is 0.0188. The zero-order valence-corrected chi connectivity index (χ0v) is 9.39. The monoisotopic (exact) mass is 220 g/mol. The van der Waals surface area contributed by atoms with E-state index in [2.05, 4.69) is 0 Å². The van der Waals surface area contributed by atoms with Gasteiger partial charge in [0.1, 0.15) is 6.10 Å². The Labute approximate surface area is 95.4 Å². The van der Waals surface area contributed by atoms with Gasteiger partial charge in [0.05, 0.1) is 19.1 Å². The van der Waals surface area contributed by atoms with E-state index in [1.54, 1.807) is 0 Å². The lowest BCUT2D eigenvalue weighted by molar-refractivity contribution is -0.145. The van der Waals surface area contributed by atoms with Gasteiger partial charge in [0.25, 0.3) is 0 Å². The quantitative estimate of drug-likeness (QED) is 0.729. The lowest BCUT2D eigenvalue weighted by atomic mass is 10.1. The molecule has 0 amide bonds. The Kier molecular flexibility index (Phi) is 3.57. The summed E-state index contributed by atoms with van der Waals surface area (Å²) in [6, 6.07) is 9.98. The van der Waals surface area contributed by atoms with Crippen LogP contribution >= 0.6 is 0 Å². The van der Waals surface area contributed by atoms with Crippen molar-refractivity contribution in [3.05, 3.63) is 35.9 Å². The van der Waals surface area contributed by atoms with Crippen molar-refractivity contribution in [2.45, 2.75) is 26.1 Å². The first kappa shape index (κ1) is 11.1. The van der Waals surface area contributed by atoms with Gasteiger partial charge in [-0.2, -0.15) is 0 Å². The zero-order chi connectivity index (χ0) is 11.4. The van der Waals surface area contributed by atoms with Gasteiger partial charge in [-0.3, -0.25) is 4.79 Å². The molecule has 0 saturated carbocycles. The van der Waals surface area contributed by atoms with Crippen LogP contribution in [0, 0.1) is 5.92 Å². The predicted molar refractivity (Wildman–Crippen MR) is 59.8 cm³/mol. The van der Waals surface area contributed by atoms with Crippen LogP contribution in [0.1, 0.15) is 18.9 Å². The number of rotatable bonds is 4. The Hall–Kier alpha value is -1.35. The van der Waals surface area contributed by atoms with Crippen molar-refractivity contribution in [1.29, 1.82) is 0 Å². The molecule has 1 heterocycles. The van der Waals surface area contributed by atoms with E-state index in [4.69, 9.17) is 9.47 Å². The average Bonchev–Trinajstić information content (AvgIpc) is 2.60. The van der Waals surface area contributed by atoms with E-state index in [-0.39, 0.29) is 18.0 Å². The molecule has 3 nitrogen and oxygen atoms in total. The molecule has 0 radical (unpaired) electrons. The van der Waals surface area contributed by atoms with Crippen LogP contribution in [-0.2, 0) is 20.9 Å². The number of benzene rings is 1. The van der Waals surface area contributed by atoms with Gasteiger partial charge in [-0.15, -0.1) is 0 Å². The molecule has 1 aromatic rings. The van der Waals surface area contributed by atoms with Crippen LogP contribution in [0.4, 0.5) is 0 Å². The third-order valence-corrected chi connectivity index (χ3v) is 2.72. The molecule has 16 heavy (non-hydrogen) atoms. The van der Waals surface area contributed by atoms with Crippen LogP contribution in [0.3, 0.4) is 0 Å². The van der Waals surface area contributed by atoms with E-state index in [1.165, 1.54) is 0 Å². The summed E-state index contributed by atoms with van der Waals surface area (Å²) < 4.78 is 10.7. The van der Waals surface area contributed by atoms with Gasteiger partial charge in [-0.1, -0.05) is 37.3 Å². The van der Waals surface area contributed by atoms with Gasteiger partial charge in [-0.05, 0) is 12.0 Å². The van der Waals surface area contributed by atoms with Gasteiger partial charge in [0.15, 0.2) is 0 Å². The summed E-state index contributed by atoms with van der Waals surface area (Å²) in [6.07, 6.45) is 0.708. The topological polar surface area (TPSA) is 35.5 Å². The molecule has 1 aliphatic rings. The molecular weight excluding hydrogens is 204 g/mol. The normalized spacial score (nSPS) is 24.4. The maximum absolute atomic E-state index is 11.1. The molecule has 2 atom stereocenters. The highest BCUT2D eigenvalue weighted by Gasteiger charge is 2.30. The summed E-state index contributed by atoms with van der Waals surface area (Å²) in [5, 5.41) is 0. The molecule has 1 aromatic carbocycles. The number of hydrogen-bond acceptors (Lipinski definition) is 3. The summed E-state index contributed by atoms with van der Waals surface area (Å²) >= 11 is 0. The van der Waals surface area contributed by atoms with Crippen LogP contribution < -0.4 is 0 Å². The molecule has 3 heteroatoms. The zero-order valence-electron chi connectivity index (χ0n) is 9.39. The minimum atomic E-state index is -0.103. The van der Waals surface area contributed by atoms with E-state index >= 15 is 0 Å². The SMILES string of the molecule is C[C@H]1C[C@@H](COCc2ccccc2)OC1=O. The lowest BCUT2D eigenvalue weighted by Gasteiger charge is -2.09. The smallest absolute Gasteiger partial charge is 0.309 e. The summed E-state index contributed by atoms with van der Waals surface area (Å²) in [5.41, 5.74) is 1.14. The Morgan fingerprint density at radius 2 is 2.12 bits per heavy atom. The van der Waals surface area contributed by atoms with E-state index in [0.29, 0.717) is 13.2 Å². The number of carbonyl (C=O) groups excluding carboxylic acids is 1. The van der Waals surface area contributed by atoms with E-state index in [9.17, 15) is 4.79 Å². The number of carbonyl (C=O) groups is 1. The molecule has 86 valence electrons. The number of ether oxygens (including phenoxy) is 2. The van der Waals surface area contributed by atoms with E-state index in [1.807, 2.05) is 37.3 Å². The highest BCUT2D eigenvalue weighted by molar-refractivity contribution is 5.74. The van der Waals surface area contributed by atoms with Crippen molar-refractivity contribution in [3.8, 4) is 0 Å². The van der Waals surface area contributed by atoms with Crippen molar-refractivity contribution >= 4 is 5.97 Å². The molecule has 0 aromatic heterocycles. The first-order valence-electron chi connectivity index (χ1n) is 5.58. The fourth-order valence-corrected chi connectivity index (χ4v) is 1.80. The Morgan fingerprint density at radius 1 is 1.38 bits per heavy atom. The molecule has 0 N–H and O–H groups in total. The van der Waals surface area contributed by atoms with Gasteiger partial charge in [0.2, 0.25) is 0 Å². The molecule has 1 fully saturated rings. The fourth-order valence-electron chi connectivity index (χ4n) is 1.80. The highest BCUT2D eigenvalue weighted by Crippen LogP contribution is 2.20. The molecule has 0 spiro atoms. The van der Waals surface area contributed by atoms with Gasteiger partial charge < -0.3 is 9.47 Å². The fraction of sp³-hybridized carbons (Fsp3) is 0.462. The van der Waals surface area contributed by atoms with Crippen molar-refractivity contribution in [2.24, 2.45) is 5.92 Å². The summed E-state index contributed by atoms with van der Waals surface area (Å²) in [4.78, 5) is 11.1. The maximum Gasteiger partial charge on any atom is 0.309 e. The van der Waals surface area contributed by atoms with Gasteiger partial charge in [-0.25, -0.2) is 0 Å². The van der Waals surface area contributed by atoms with Crippen LogP contribution in [0.15, 0.2) is 30.3 Å². The van der Waals surface area contributed by atoms with Crippen LogP contribution in [0.25, 0.3) is 0 Å². The number of hydrogen-bond donors (Lipinski definition) is 0. The second kappa shape index (κ2) is 5.12. The summed E-state index contributed by atoms with van der Waals surface area (Å²) in [5.74, 6) is -0.0846. The lowest BCUT2D eigenvalue weighted by Crippen LogP contribution is -2.14. The first-order chi connectivity index (χ1) is 7.75. The third kappa shape index (κ3) is 2.83. The summed E-state index contributed by atoms with van der Waals surface area (Å²) in [6.45, 7) is 2.95. The van der Waals surface area contributed by atoms with E-state index in [0.717, 1.165) is 12.0 Å². The standard InChI is InChI=1S/C13H16O3/c1-10-7-12(16-13(10)14)9-15-8-11-5-3-2-4-6-11/h2-6,10,12H,7-9H2,1H3/t10-,12-/m0/s1. The molecule has 2 rings (SSSR count). The second-order valence-electron chi connectivity index (χ2n) is 4.20. The average molecular weight is 220 g/mol. The van der Waals surface area contributed by atoms with Gasteiger partial charge in [0, 0.05) is 0 Å². The Bertz CT molecular complexity index is 347. The van der Waals surface area contributed by atoms with E-state index < -0.39 is 0 Å².